The van der Waals surface area contributed by atoms with Crippen LogP contribution in [0.15, 0.2) is 103 Å². The lowest BCUT2D eigenvalue weighted by molar-refractivity contribution is 0.0720. The van der Waals surface area contributed by atoms with E-state index in [1.807, 2.05) is 54.6 Å². The molecule has 40 heavy (non-hydrogen) atoms. The van der Waals surface area contributed by atoms with Crippen LogP contribution in [-0.4, -0.2) is 40.5 Å². The lowest BCUT2D eigenvalue weighted by Crippen LogP contribution is -2.55. The van der Waals surface area contributed by atoms with E-state index in [9.17, 15) is 0 Å². The third kappa shape index (κ3) is 5.41. The van der Waals surface area contributed by atoms with Gasteiger partial charge in [-0.05, 0) is 97.1 Å². The summed E-state index contributed by atoms with van der Waals surface area (Å²) < 4.78 is 5.93. The first-order valence-corrected chi connectivity index (χ1v) is 14.2. The normalized spacial score (nSPS) is 19.9. The lowest BCUT2D eigenvalue weighted by atomic mass is 9.84. The van der Waals surface area contributed by atoms with Gasteiger partial charge in [0.2, 0.25) is 0 Å². The minimum absolute atomic E-state index is 0.626. The van der Waals surface area contributed by atoms with Gasteiger partial charge in [-0.2, -0.15) is 0 Å². The number of nitrogens with zero attached hydrogens (tertiary/aromatic N) is 3. The van der Waals surface area contributed by atoms with E-state index in [1.54, 1.807) is 6.33 Å². The van der Waals surface area contributed by atoms with Crippen molar-refractivity contribution in [2.45, 2.75) is 25.4 Å². The fraction of sp³-hybridized carbons (Fsp3) is 0.235. The average molecular weight is 528 g/mol. The summed E-state index contributed by atoms with van der Waals surface area (Å²) in [5, 5.41) is 8.28. The van der Waals surface area contributed by atoms with Crippen molar-refractivity contribution in [1.29, 1.82) is 0 Å². The maximum atomic E-state index is 5.93. The summed E-state index contributed by atoms with van der Waals surface area (Å²) in [6.45, 7) is 4.68. The maximum Gasteiger partial charge on any atom is 0.141 e. The predicted molar refractivity (Wildman–Crippen MR) is 161 cm³/mol. The largest absolute Gasteiger partial charge is 0.457 e. The molecule has 8 rings (SSSR count). The molecule has 4 aromatic carbocycles. The first-order chi connectivity index (χ1) is 19.8. The summed E-state index contributed by atoms with van der Waals surface area (Å²) >= 11 is 0. The molecule has 6 nitrogen and oxygen atoms in total. The van der Waals surface area contributed by atoms with E-state index in [0.29, 0.717) is 6.04 Å². The monoisotopic (exact) mass is 527 g/mol. The van der Waals surface area contributed by atoms with Crippen molar-refractivity contribution in [3.63, 3.8) is 0 Å². The van der Waals surface area contributed by atoms with Crippen LogP contribution in [0, 0.1) is 5.92 Å². The molecule has 5 aromatic rings. The Kier molecular flexibility index (Phi) is 6.86. The first-order valence-electron chi connectivity index (χ1n) is 14.2. The standard InChI is InChI=1S/C34H33N5O/c1-2-4-29(5-3-1)40-30-13-11-28(12-14-30)38-34-31-20-27(10-15-32(31)36-23-37-34)25-8-6-24(7-9-25)21-35-33-22-39-18-16-26(33)17-19-39/h1-15,20,23,26,33,35H,16-19,21-22H2,(H,36,37,38). The summed E-state index contributed by atoms with van der Waals surface area (Å²) in [5.74, 6) is 3.22. The summed E-state index contributed by atoms with van der Waals surface area (Å²) in [6, 6.07) is 33.6. The third-order valence-electron chi connectivity index (χ3n) is 8.24. The summed E-state index contributed by atoms with van der Waals surface area (Å²) in [4.78, 5) is 11.7. The average Bonchev–Trinajstić information content (AvgIpc) is 3.02. The lowest BCUT2D eigenvalue weighted by Gasteiger charge is -2.45. The van der Waals surface area contributed by atoms with Crippen LogP contribution in [0.4, 0.5) is 11.5 Å². The number of piperidine rings is 3. The number of para-hydroxylation sites is 1. The Labute approximate surface area is 235 Å². The molecule has 200 valence electrons. The fourth-order valence-corrected chi connectivity index (χ4v) is 5.96. The molecule has 3 aliphatic rings. The quantitative estimate of drug-likeness (QED) is 0.226. The van der Waals surface area contributed by atoms with Crippen LogP contribution < -0.4 is 15.4 Å². The second kappa shape index (κ2) is 11.1. The van der Waals surface area contributed by atoms with E-state index < -0.39 is 0 Å². The zero-order chi connectivity index (χ0) is 26.7. The highest BCUT2D eigenvalue weighted by atomic mass is 16.5. The van der Waals surface area contributed by atoms with Gasteiger partial charge in [0.25, 0.3) is 0 Å². The summed E-state index contributed by atoms with van der Waals surface area (Å²) in [6.07, 6.45) is 4.29. The molecule has 2 N–H and O–H groups in total. The smallest absolute Gasteiger partial charge is 0.141 e. The Morgan fingerprint density at radius 3 is 2.27 bits per heavy atom. The number of hydrogen-bond donors (Lipinski definition) is 2. The van der Waals surface area contributed by atoms with Gasteiger partial charge >= 0.3 is 0 Å². The molecular formula is C34H33N5O. The van der Waals surface area contributed by atoms with Crippen molar-refractivity contribution in [3.8, 4) is 22.6 Å². The second-order valence-corrected chi connectivity index (χ2v) is 10.8. The summed E-state index contributed by atoms with van der Waals surface area (Å²) in [7, 11) is 0. The molecule has 1 aromatic heterocycles. The molecule has 0 radical (unpaired) electrons. The highest BCUT2D eigenvalue weighted by Crippen LogP contribution is 2.31. The van der Waals surface area contributed by atoms with Crippen molar-refractivity contribution in [2.24, 2.45) is 5.92 Å². The minimum atomic E-state index is 0.626. The minimum Gasteiger partial charge on any atom is -0.457 e. The highest BCUT2D eigenvalue weighted by molar-refractivity contribution is 5.93. The number of ether oxygens (including phenoxy) is 1. The number of aromatic nitrogens is 2. The number of benzene rings is 4. The number of hydrogen-bond acceptors (Lipinski definition) is 6. The molecule has 3 saturated heterocycles. The zero-order valence-electron chi connectivity index (χ0n) is 22.5. The van der Waals surface area contributed by atoms with Gasteiger partial charge in [-0.1, -0.05) is 48.5 Å². The van der Waals surface area contributed by atoms with Crippen LogP contribution in [-0.2, 0) is 6.54 Å². The van der Waals surface area contributed by atoms with Gasteiger partial charge in [0.1, 0.15) is 23.6 Å². The molecule has 3 aliphatic heterocycles. The van der Waals surface area contributed by atoms with Gasteiger partial charge in [0.05, 0.1) is 5.52 Å². The Hall–Kier alpha value is -4.26. The first kappa shape index (κ1) is 24.8. The van der Waals surface area contributed by atoms with Gasteiger partial charge in [0.15, 0.2) is 0 Å². The van der Waals surface area contributed by atoms with Crippen LogP contribution in [0.5, 0.6) is 11.5 Å². The number of anilines is 2. The van der Waals surface area contributed by atoms with Gasteiger partial charge in [-0.15, -0.1) is 0 Å². The maximum absolute atomic E-state index is 5.93. The molecule has 4 heterocycles. The van der Waals surface area contributed by atoms with Crippen molar-refractivity contribution >= 4 is 22.4 Å². The van der Waals surface area contributed by atoms with Crippen molar-refractivity contribution in [2.75, 3.05) is 25.0 Å². The molecule has 1 unspecified atom stereocenters. The van der Waals surface area contributed by atoms with Crippen molar-refractivity contribution in [3.05, 3.63) is 109 Å². The van der Waals surface area contributed by atoms with E-state index in [-0.39, 0.29) is 0 Å². The molecular weight excluding hydrogens is 494 g/mol. The molecule has 0 amide bonds. The van der Waals surface area contributed by atoms with Gasteiger partial charge in [-0.25, -0.2) is 9.97 Å². The Morgan fingerprint density at radius 1 is 0.775 bits per heavy atom. The van der Waals surface area contributed by atoms with Gasteiger partial charge in [-0.3, -0.25) is 0 Å². The zero-order valence-corrected chi connectivity index (χ0v) is 22.5. The molecule has 0 aliphatic carbocycles. The van der Waals surface area contributed by atoms with Crippen molar-refractivity contribution in [1.82, 2.24) is 20.2 Å². The SMILES string of the molecule is c1ccc(Oc2ccc(Nc3ncnc4ccc(-c5ccc(CNC6CN7CCC6CC7)cc5)cc34)cc2)cc1. The van der Waals surface area contributed by atoms with Crippen LogP contribution >= 0.6 is 0 Å². The van der Waals surface area contributed by atoms with E-state index in [4.69, 9.17) is 4.74 Å². The molecule has 3 fully saturated rings. The second-order valence-electron chi connectivity index (χ2n) is 10.8. The number of rotatable bonds is 8. The molecule has 0 saturated carbocycles. The van der Waals surface area contributed by atoms with Gasteiger partial charge < -0.3 is 20.3 Å². The molecule has 1 atom stereocenters. The van der Waals surface area contributed by atoms with E-state index in [1.165, 1.54) is 43.6 Å². The number of nitrogens with one attached hydrogen (secondary N) is 2. The molecule has 6 heteroatoms. The molecule has 2 bridgehead atoms. The van der Waals surface area contributed by atoms with Crippen LogP contribution in [0.1, 0.15) is 18.4 Å². The van der Waals surface area contributed by atoms with Crippen LogP contribution in [0.2, 0.25) is 0 Å². The Bertz CT molecular complexity index is 1580. The highest BCUT2D eigenvalue weighted by Gasteiger charge is 2.33. The van der Waals surface area contributed by atoms with Gasteiger partial charge in [0, 0.05) is 30.2 Å². The molecule has 0 spiro atoms. The van der Waals surface area contributed by atoms with E-state index in [2.05, 4.69) is 68.0 Å². The van der Waals surface area contributed by atoms with Crippen LogP contribution in [0.3, 0.4) is 0 Å². The summed E-state index contributed by atoms with van der Waals surface area (Å²) in [5.41, 5.74) is 5.50. The van der Waals surface area contributed by atoms with E-state index in [0.717, 1.165) is 51.9 Å². The van der Waals surface area contributed by atoms with E-state index >= 15 is 0 Å². The third-order valence-corrected chi connectivity index (χ3v) is 8.24. The predicted octanol–water partition coefficient (Wildman–Crippen LogP) is 7.02. The fourth-order valence-electron chi connectivity index (χ4n) is 5.96. The Balaban J connectivity index is 1.05. The Morgan fingerprint density at radius 2 is 1.52 bits per heavy atom. The van der Waals surface area contributed by atoms with Crippen molar-refractivity contribution < 1.29 is 4.74 Å². The number of fused-ring (bicyclic) bond motifs is 4. The topological polar surface area (TPSA) is 62.3 Å². The van der Waals surface area contributed by atoms with Crippen LogP contribution in [0.25, 0.3) is 22.0 Å².